The summed E-state index contributed by atoms with van der Waals surface area (Å²) in [5, 5.41) is 4.25. The number of nitrogens with two attached hydrogens (primary N) is 1. The fourth-order valence-electron chi connectivity index (χ4n) is 3.27. The first-order valence-electron chi connectivity index (χ1n) is 9.46. The Balaban J connectivity index is 2.69. The lowest BCUT2D eigenvalue weighted by atomic mass is 10.1. The molecule has 0 saturated carbocycles. The first-order chi connectivity index (χ1) is 11.9. The summed E-state index contributed by atoms with van der Waals surface area (Å²) in [5.74, 6) is 0.0496. The molecule has 7 nitrogen and oxygen atoms in total. The molecule has 1 rings (SSSR count). The van der Waals surface area contributed by atoms with Crippen LogP contribution in [0.4, 0.5) is 5.95 Å². The van der Waals surface area contributed by atoms with E-state index in [1.807, 2.05) is 37.5 Å². The van der Waals surface area contributed by atoms with Gasteiger partial charge in [-0.05, 0) is 34.6 Å². The molecule has 1 heterocycles. The first-order valence-corrected chi connectivity index (χ1v) is 11.1. The summed E-state index contributed by atoms with van der Waals surface area (Å²) in [6, 6.07) is 0. The molecule has 0 aliphatic rings. The third-order valence-electron chi connectivity index (χ3n) is 4.73. The normalized spacial score (nSPS) is 13.7. The van der Waals surface area contributed by atoms with Crippen molar-refractivity contribution in [3.05, 3.63) is 6.33 Å². The van der Waals surface area contributed by atoms with Gasteiger partial charge in [0.25, 0.3) is 0 Å². The van der Waals surface area contributed by atoms with Gasteiger partial charge in [0.2, 0.25) is 13.4 Å². The molecule has 1 aromatic rings. The third-order valence-corrected chi connectivity index (χ3v) is 8.28. The predicted molar refractivity (Wildman–Crippen MR) is 106 cm³/mol. The summed E-state index contributed by atoms with van der Waals surface area (Å²) in [5.41, 5.74) is 5.97. The van der Waals surface area contributed by atoms with Gasteiger partial charge in [0.1, 0.15) is 12.1 Å². The zero-order chi connectivity index (χ0) is 18.9. The summed E-state index contributed by atoms with van der Waals surface area (Å²) in [4.78, 5) is 4.03. The molecule has 2 N–H and O–H groups in total. The van der Waals surface area contributed by atoms with E-state index >= 15 is 0 Å². The van der Waals surface area contributed by atoms with Gasteiger partial charge >= 0.3 is 0 Å². The lowest BCUT2D eigenvalue weighted by Gasteiger charge is -2.37. The Bertz CT molecular complexity index is 519. The van der Waals surface area contributed by atoms with Crippen LogP contribution in [0.1, 0.15) is 70.5 Å². The second-order valence-electron chi connectivity index (χ2n) is 7.09. The highest BCUT2D eigenvalue weighted by Gasteiger charge is 2.40. The largest absolute Gasteiger partial charge is 0.368 e. The molecule has 8 heteroatoms. The van der Waals surface area contributed by atoms with Crippen molar-refractivity contribution in [2.24, 2.45) is 0 Å². The quantitative estimate of drug-likeness (QED) is 0.413. The van der Waals surface area contributed by atoms with Gasteiger partial charge < -0.3 is 5.73 Å². The Morgan fingerprint density at radius 3 is 2.00 bits per heavy atom. The molecule has 1 aromatic heterocycles. The zero-order valence-corrected chi connectivity index (χ0v) is 17.6. The standard InChI is InChI=1S/C17H37N6OP/c1-6-7-8-9-10-11-12-13-14-16(23-17(18)19-15-20-23)25(24,21(2)3)22(4)5/h15-16H,6-14H2,1-5H3,(H2,18,19,20). The Hall–Kier alpha value is -0.910. The van der Waals surface area contributed by atoms with Gasteiger partial charge in [0.15, 0.2) is 0 Å². The van der Waals surface area contributed by atoms with Crippen LogP contribution in [0.2, 0.25) is 0 Å². The summed E-state index contributed by atoms with van der Waals surface area (Å²) in [6.07, 6.45) is 12.2. The second kappa shape index (κ2) is 10.9. The molecule has 1 atom stereocenters. The fraction of sp³-hybridized carbons (Fsp3) is 0.882. The van der Waals surface area contributed by atoms with E-state index in [4.69, 9.17) is 5.73 Å². The molecular weight excluding hydrogens is 335 g/mol. The van der Waals surface area contributed by atoms with Crippen LogP contribution in [0.15, 0.2) is 6.33 Å². The maximum absolute atomic E-state index is 13.7. The SMILES string of the molecule is CCCCCCCCCCC(n1ncnc1N)P(=O)(N(C)C)N(C)C. The van der Waals surface area contributed by atoms with Crippen molar-refractivity contribution >= 4 is 13.4 Å². The van der Waals surface area contributed by atoms with Crippen molar-refractivity contribution in [1.82, 2.24) is 24.1 Å². The summed E-state index contributed by atoms with van der Waals surface area (Å²) < 4.78 is 19.0. The number of nitrogens with zero attached hydrogens (tertiary/aromatic N) is 5. The van der Waals surface area contributed by atoms with Crippen LogP contribution in [-0.4, -0.2) is 52.3 Å². The van der Waals surface area contributed by atoms with E-state index in [0.29, 0.717) is 5.95 Å². The molecule has 25 heavy (non-hydrogen) atoms. The Morgan fingerprint density at radius 1 is 1.04 bits per heavy atom. The van der Waals surface area contributed by atoms with Crippen LogP contribution in [-0.2, 0) is 4.57 Å². The molecule has 0 aliphatic heterocycles. The number of unbranched alkanes of at least 4 members (excludes halogenated alkanes) is 7. The minimum atomic E-state index is -2.81. The van der Waals surface area contributed by atoms with Gasteiger partial charge in [0, 0.05) is 0 Å². The number of aromatic nitrogens is 3. The fourth-order valence-corrected chi connectivity index (χ4v) is 6.04. The van der Waals surface area contributed by atoms with Crippen LogP contribution < -0.4 is 5.73 Å². The van der Waals surface area contributed by atoms with E-state index in [9.17, 15) is 4.57 Å². The average Bonchev–Trinajstić information content (AvgIpc) is 2.98. The summed E-state index contributed by atoms with van der Waals surface area (Å²) in [6.45, 7) is 2.24. The molecule has 0 bridgehead atoms. The molecule has 0 fully saturated rings. The molecule has 146 valence electrons. The van der Waals surface area contributed by atoms with E-state index in [2.05, 4.69) is 17.0 Å². The summed E-state index contributed by atoms with van der Waals surface area (Å²) in [7, 11) is 4.61. The monoisotopic (exact) mass is 372 g/mol. The predicted octanol–water partition coefficient (Wildman–Crippen LogP) is 4.21. The van der Waals surface area contributed by atoms with E-state index in [0.717, 1.165) is 19.3 Å². The molecule has 0 saturated heterocycles. The highest BCUT2D eigenvalue weighted by molar-refractivity contribution is 7.59. The second-order valence-corrected chi connectivity index (χ2v) is 10.5. The van der Waals surface area contributed by atoms with Crippen molar-refractivity contribution in [3.63, 3.8) is 0 Å². The Morgan fingerprint density at radius 2 is 1.56 bits per heavy atom. The third kappa shape index (κ3) is 6.08. The smallest absolute Gasteiger partial charge is 0.239 e. The summed E-state index contributed by atoms with van der Waals surface area (Å²) >= 11 is 0. The van der Waals surface area contributed by atoms with Gasteiger partial charge in [-0.15, -0.1) is 0 Å². The minimum absolute atomic E-state index is 0.278. The number of anilines is 1. The molecule has 0 radical (unpaired) electrons. The molecule has 0 amide bonds. The lowest BCUT2D eigenvalue weighted by Crippen LogP contribution is -2.29. The topological polar surface area (TPSA) is 80.3 Å². The van der Waals surface area contributed by atoms with Crippen LogP contribution in [0.25, 0.3) is 0 Å². The number of rotatable bonds is 13. The number of hydrogen-bond acceptors (Lipinski definition) is 4. The van der Waals surface area contributed by atoms with Gasteiger partial charge in [-0.1, -0.05) is 58.3 Å². The highest BCUT2D eigenvalue weighted by atomic mass is 31.2. The maximum atomic E-state index is 13.7. The highest BCUT2D eigenvalue weighted by Crippen LogP contribution is 2.61. The zero-order valence-electron chi connectivity index (χ0n) is 16.7. The van der Waals surface area contributed by atoms with Gasteiger partial charge in [0.05, 0.1) is 0 Å². The van der Waals surface area contributed by atoms with Gasteiger partial charge in [-0.3, -0.25) is 4.57 Å². The molecule has 0 spiro atoms. The molecule has 0 aliphatic carbocycles. The Kier molecular flexibility index (Phi) is 9.69. The van der Waals surface area contributed by atoms with Crippen LogP contribution in [0.5, 0.6) is 0 Å². The molecule has 0 aromatic carbocycles. The number of nitrogen functional groups attached to an aromatic ring is 1. The number of hydrogen-bond donors (Lipinski definition) is 1. The Labute approximate surface area is 153 Å². The maximum Gasteiger partial charge on any atom is 0.239 e. The van der Waals surface area contributed by atoms with E-state index in [1.54, 1.807) is 4.68 Å². The van der Waals surface area contributed by atoms with E-state index in [1.165, 1.54) is 44.9 Å². The van der Waals surface area contributed by atoms with Crippen molar-refractivity contribution in [2.45, 2.75) is 70.5 Å². The minimum Gasteiger partial charge on any atom is -0.368 e. The van der Waals surface area contributed by atoms with Crippen molar-refractivity contribution in [3.8, 4) is 0 Å². The lowest BCUT2D eigenvalue weighted by molar-refractivity contribution is 0.388. The average molecular weight is 372 g/mol. The van der Waals surface area contributed by atoms with Crippen LogP contribution in [0, 0.1) is 0 Å². The van der Waals surface area contributed by atoms with E-state index in [-0.39, 0.29) is 5.78 Å². The van der Waals surface area contributed by atoms with Crippen molar-refractivity contribution < 1.29 is 4.57 Å². The molecular formula is C17H37N6OP. The molecule has 1 unspecified atom stereocenters. The van der Waals surface area contributed by atoms with Gasteiger partial charge in [-0.25, -0.2) is 19.0 Å². The van der Waals surface area contributed by atoms with E-state index < -0.39 is 7.44 Å². The van der Waals surface area contributed by atoms with Crippen molar-refractivity contribution in [1.29, 1.82) is 0 Å². The van der Waals surface area contributed by atoms with Crippen LogP contribution in [0.3, 0.4) is 0 Å². The van der Waals surface area contributed by atoms with Crippen LogP contribution >= 0.6 is 7.44 Å². The van der Waals surface area contributed by atoms with Crippen molar-refractivity contribution in [2.75, 3.05) is 33.9 Å². The first kappa shape index (κ1) is 22.1. The van der Waals surface area contributed by atoms with Gasteiger partial charge in [-0.2, -0.15) is 5.10 Å².